The lowest BCUT2D eigenvalue weighted by Gasteiger charge is -2.18. The van der Waals surface area contributed by atoms with Crippen molar-refractivity contribution >= 4 is 11.7 Å². The number of carbonyl (C=O) groups is 1. The molecule has 1 aliphatic rings. The van der Waals surface area contributed by atoms with E-state index in [4.69, 9.17) is 14.2 Å². The number of ether oxygens (including phenoxy) is 3. The van der Waals surface area contributed by atoms with E-state index < -0.39 is 0 Å². The van der Waals surface area contributed by atoms with E-state index in [0.29, 0.717) is 31.1 Å². The van der Waals surface area contributed by atoms with Gasteiger partial charge in [0, 0.05) is 43.7 Å². The van der Waals surface area contributed by atoms with Gasteiger partial charge in [-0.25, -0.2) is 4.79 Å². The molecule has 7 heteroatoms. The maximum absolute atomic E-state index is 12.5. The molecule has 1 aromatic heterocycles. The molecule has 3 aromatic rings. The van der Waals surface area contributed by atoms with Crippen LogP contribution in [-0.2, 0) is 13.0 Å². The van der Waals surface area contributed by atoms with Crippen molar-refractivity contribution in [3.63, 3.8) is 0 Å². The summed E-state index contributed by atoms with van der Waals surface area (Å²) in [5.41, 5.74) is 2.62. The number of rotatable bonds is 7. The molecule has 1 aliphatic heterocycles. The maximum atomic E-state index is 12.5. The number of pyridine rings is 1. The molecule has 7 nitrogen and oxygen atoms in total. The van der Waals surface area contributed by atoms with Gasteiger partial charge in [-0.3, -0.25) is 4.98 Å². The zero-order valence-electron chi connectivity index (χ0n) is 16.7. The minimum absolute atomic E-state index is 0.167. The van der Waals surface area contributed by atoms with Gasteiger partial charge in [-0.15, -0.1) is 0 Å². The first kappa shape index (κ1) is 19.6. The molecule has 0 unspecified atom stereocenters. The van der Waals surface area contributed by atoms with Crippen LogP contribution in [0.3, 0.4) is 0 Å². The fourth-order valence-electron chi connectivity index (χ4n) is 3.02. The van der Waals surface area contributed by atoms with Crippen molar-refractivity contribution in [2.45, 2.75) is 13.0 Å². The molecule has 0 saturated heterocycles. The lowest BCUT2D eigenvalue weighted by Crippen LogP contribution is -2.33. The van der Waals surface area contributed by atoms with Crippen LogP contribution in [0.15, 0.2) is 66.9 Å². The van der Waals surface area contributed by atoms with E-state index in [1.54, 1.807) is 18.1 Å². The third-order valence-electron chi connectivity index (χ3n) is 4.70. The van der Waals surface area contributed by atoms with Gasteiger partial charge >= 0.3 is 6.03 Å². The maximum Gasteiger partial charge on any atom is 0.321 e. The van der Waals surface area contributed by atoms with Crippen LogP contribution in [0.1, 0.15) is 11.3 Å². The Morgan fingerprint density at radius 2 is 2.00 bits per heavy atom. The van der Waals surface area contributed by atoms with Crippen molar-refractivity contribution in [3.05, 3.63) is 78.1 Å². The summed E-state index contributed by atoms with van der Waals surface area (Å²) in [7, 11) is 1.77. The van der Waals surface area contributed by atoms with Gasteiger partial charge in [0.1, 0.15) is 12.4 Å². The highest BCUT2D eigenvalue weighted by Gasteiger charge is 2.14. The van der Waals surface area contributed by atoms with Crippen molar-refractivity contribution in [2.75, 3.05) is 25.7 Å². The highest BCUT2D eigenvalue weighted by atomic mass is 16.7. The largest absolute Gasteiger partial charge is 0.489 e. The first-order valence-corrected chi connectivity index (χ1v) is 9.71. The summed E-state index contributed by atoms with van der Waals surface area (Å²) in [6, 6.07) is 18.7. The number of anilines is 1. The van der Waals surface area contributed by atoms with E-state index >= 15 is 0 Å². The number of hydrogen-bond acceptors (Lipinski definition) is 5. The Hall–Kier alpha value is -3.74. The van der Waals surface area contributed by atoms with Gasteiger partial charge < -0.3 is 24.4 Å². The topological polar surface area (TPSA) is 72.9 Å². The van der Waals surface area contributed by atoms with Crippen molar-refractivity contribution < 1.29 is 19.0 Å². The molecule has 4 rings (SSSR count). The Labute approximate surface area is 175 Å². The summed E-state index contributed by atoms with van der Waals surface area (Å²) >= 11 is 0. The van der Waals surface area contributed by atoms with Gasteiger partial charge in [0.15, 0.2) is 11.5 Å². The van der Waals surface area contributed by atoms with Crippen LogP contribution in [0.4, 0.5) is 10.5 Å². The van der Waals surface area contributed by atoms with Gasteiger partial charge in [-0.1, -0.05) is 18.2 Å². The molecule has 0 spiro atoms. The molecular weight excluding hydrogens is 382 g/mol. The van der Waals surface area contributed by atoms with Crippen LogP contribution in [0.25, 0.3) is 0 Å². The molecule has 30 heavy (non-hydrogen) atoms. The zero-order valence-corrected chi connectivity index (χ0v) is 16.7. The van der Waals surface area contributed by atoms with Crippen molar-refractivity contribution in [2.24, 2.45) is 0 Å². The minimum Gasteiger partial charge on any atom is -0.489 e. The molecular formula is C23H23N3O4. The number of amides is 2. The van der Waals surface area contributed by atoms with Gasteiger partial charge in [0.2, 0.25) is 6.79 Å². The van der Waals surface area contributed by atoms with Crippen molar-refractivity contribution in [3.8, 4) is 17.2 Å². The third kappa shape index (κ3) is 5.00. The quantitative estimate of drug-likeness (QED) is 0.641. The summed E-state index contributed by atoms with van der Waals surface area (Å²) in [5, 5.41) is 2.93. The summed E-state index contributed by atoms with van der Waals surface area (Å²) in [6.07, 6.45) is 2.46. The number of likely N-dealkylation sites (N-methyl/N-ethyl adjacent to an activating group) is 1. The average Bonchev–Trinajstić information content (AvgIpc) is 3.25. The molecule has 0 saturated carbocycles. The van der Waals surface area contributed by atoms with Crippen LogP contribution in [0.5, 0.6) is 17.2 Å². The van der Waals surface area contributed by atoms with E-state index in [-0.39, 0.29) is 12.8 Å². The van der Waals surface area contributed by atoms with Crippen LogP contribution in [0.2, 0.25) is 0 Å². The normalized spacial score (nSPS) is 11.8. The van der Waals surface area contributed by atoms with E-state index in [0.717, 1.165) is 22.7 Å². The number of nitrogens with zero attached hydrogens (tertiary/aromatic N) is 2. The molecule has 154 valence electrons. The first-order chi connectivity index (χ1) is 14.7. The van der Waals surface area contributed by atoms with Crippen LogP contribution in [-0.4, -0.2) is 36.3 Å². The number of fused-ring (bicyclic) bond motifs is 1. The number of nitrogens with one attached hydrogen (secondary N) is 1. The predicted molar refractivity (Wildman–Crippen MR) is 113 cm³/mol. The molecule has 1 N–H and O–H groups in total. The van der Waals surface area contributed by atoms with Crippen molar-refractivity contribution in [1.82, 2.24) is 9.88 Å². The smallest absolute Gasteiger partial charge is 0.321 e. The van der Waals surface area contributed by atoms with Crippen LogP contribution in [0, 0.1) is 0 Å². The fraction of sp³-hybridized carbons (Fsp3) is 0.217. The van der Waals surface area contributed by atoms with E-state index in [2.05, 4.69) is 10.3 Å². The lowest BCUT2D eigenvalue weighted by molar-refractivity contribution is 0.173. The highest BCUT2D eigenvalue weighted by molar-refractivity contribution is 5.89. The zero-order chi connectivity index (χ0) is 20.8. The summed E-state index contributed by atoms with van der Waals surface area (Å²) in [5.74, 6) is 2.10. The van der Waals surface area contributed by atoms with Crippen LogP contribution < -0.4 is 19.5 Å². The summed E-state index contributed by atoms with van der Waals surface area (Å²) < 4.78 is 16.5. The molecule has 0 aliphatic carbocycles. The van der Waals surface area contributed by atoms with E-state index in [1.807, 2.05) is 60.7 Å². The first-order valence-electron chi connectivity index (χ1n) is 9.71. The second kappa shape index (κ2) is 9.17. The fourth-order valence-corrected chi connectivity index (χ4v) is 3.02. The molecule has 0 atom stereocenters. The molecule has 0 fully saturated rings. The average molecular weight is 405 g/mol. The van der Waals surface area contributed by atoms with E-state index in [1.165, 1.54) is 0 Å². The van der Waals surface area contributed by atoms with Gasteiger partial charge in [0.25, 0.3) is 0 Å². The van der Waals surface area contributed by atoms with Gasteiger partial charge in [0.05, 0.1) is 0 Å². The Morgan fingerprint density at radius 3 is 2.87 bits per heavy atom. The second-order valence-electron chi connectivity index (χ2n) is 6.93. The predicted octanol–water partition coefficient (Wildman–Crippen LogP) is 4.10. The minimum atomic E-state index is -0.167. The number of urea groups is 1. The highest BCUT2D eigenvalue weighted by Crippen LogP contribution is 2.35. The lowest BCUT2D eigenvalue weighted by atomic mass is 10.2. The monoisotopic (exact) mass is 405 g/mol. The second-order valence-corrected chi connectivity index (χ2v) is 6.93. The number of benzene rings is 2. The molecule has 0 bridgehead atoms. The van der Waals surface area contributed by atoms with Gasteiger partial charge in [-0.2, -0.15) is 0 Å². The molecule has 2 amide bonds. The summed E-state index contributed by atoms with van der Waals surface area (Å²) in [6.45, 7) is 1.19. The Bertz CT molecular complexity index is 1010. The Kier molecular flexibility index (Phi) is 5.98. The molecule has 2 aromatic carbocycles. The third-order valence-corrected chi connectivity index (χ3v) is 4.70. The van der Waals surface area contributed by atoms with Crippen molar-refractivity contribution in [1.29, 1.82) is 0 Å². The van der Waals surface area contributed by atoms with Crippen LogP contribution >= 0.6 is 0 Å². The SMILES string of the molecule is CN(CCc1ccccn1)C(=O)Nc1cccc(COc2ccc3c(c2)OCO3)c1. The number of hydrogen-bond donors (Lipinski definition) is 1. The Morgan fingerprint density at radius 1 is 1.10 bits per heavy atom. The molecule has 0 radical (unpaired) electrons. The Balaban J connectivity index is 1.29. The standard InChI is InChI=1S/C23H23N3O4/c1-26(12-10-18-6-2-3-11-24-18)23(27)25-19-7-4-5-17(13-19)15-28-20-8-9-21-22(14-20)30-16-29-21/h2-9,11,13-14H,10,12,15-16H2,1H3,(H,25,27). The number of carbonyl (C=O) groups excluding carboxylic acids is 1. The van der Waals surface area contributed by atoms with Gasteiger partial charge in [-0.05, 0) is 42.0 Å². The molecule has 2 heterocycles. The van der Waals surface area contributed by atoms with E-state index in [9.17, 15) is 4.79 Å². The summed E-state index contributed by atoms with van der Waals surface area (Å²) in [4.78, 5) is 18.4. The number of aromatic nitrogens is 1.